The summed E-state index contributed by atoms with van der Waals surface area (Å²) in [5, 5.41) is 3.64. The van der Waals surface area contributed by atoms with Gasteiger partial charge in [0.05, 0.1) is 21.5 Å². The first-order valence-corrected chi connectivity index (χ1v) is 9.93. The number of amides is 1. The quantitative estimate of drug-likeness (QED) is 0.835. The van der Waals surface area contributed by atoms with Gasteiger partial charge in [0, 0.05) is 11.3 Å². The fourth-order valence-electron chi connectivity index (χ4n) is 2.28. The molecular weight excluding hydrogens is 369 g/mol. The predicted molar refractivity (Wildman–Crippen MR) is 96.5 cm³/mol. The van der Waals surface area contributed by atoms with E-state index in [1.807, 2.05) is 6.92 Å². The van der Waals surface area contributed by atoms with Gasteiger partial charge in [0.1, 0.15) is 0 Å². The molecule has 1 atom stereocenters. The molecule has 2 rings (SSSR count). The molecule has 0 bridgehead atoms. The largest absolute Gasteiger partial charge is 0.345 e. The lowest BCUT2D eigenvalue weighted by molar-refractivity contribution is 0.0935. The Labute approximate surface area is 151 Å². The Morgan fingerprint density at radius 1 is 1.12 bits per heavy atom. The third kappa shape index (κ3) is 4.50. The standard InChI is InChI=1S/C17H17Cl2NO3S/c1-3-16(11-4-7-13(8-5-11)24(2,22)23)20-17(21)14-9-6-12(18)10-15(14)19/h4-10,16H,3H2,1-2H3,(H,20,21)/t16-/m0/s1. The van der Waals surface area contributed by atoms with Crippen molar-refractivity contribution in [2.75, 3.05) is 6.26 Å². The lowest BCUT2D eigenvalue weighted by atomic mass is 10.0. The van der Waals surface area contributed by atoms with Gasteiger partial charge >= 0.3 is 0 Å². The highest BCUT2D eigenvalue weighted by Gasteiger charge is 2.17. The van der Waals surface area contributed by atoms with Crippen LogP contribution >= 0.6 is 23.2 Å². The first-order chi connectivity index (χ1) is 11.2. The maximum absolute atomic E-state index is 12.4. The van der Waals surface area contributed by atoms with Crippen LogP contribution in [0.1, 0.15) is 35.3 Å². The maximum Gasteiger partial charge on any atom is 0.253 e. The van der Waals surface area contributed by atoms with Crippen molar-refractivity contribution < 1.29 is 13.2 Å². The smallest absolute Gasteiger partial charge is 0.253 e. The Hall–Kier alpha value is -1.56. The molecule has 0 fully saturated rings. The van der Waals surface area contributed by atoms with Gasteiger partial charge < -0.3 is 5.32 Å². The molecule has 0 saturated carbocycles. The van der Waals surface area contributed by atoms with Gasteiger partial charge in [-0.15, -0.1) is 0 Å². The Balaban J connectivity index is 2.21. The van der Waals surface area contributed by atoms with Crippen LogP contribution in [0.15, 0.2) is 47.4 Å². The summed E-state index contributed by atoms with van der Waals surface area (Å²) < 4.78 is 23.0. The molecule has 2 aromatic carbocycles. The predicted octanol–water partition coefficient (Wildman–Crippen LogP) is 4.28. The van der Waals surface area contributed by atoms with E-state index in [2.05, 4.69) is 5.32 Å². The van der Waals surface area contributed by atoms with Crippen LogP contribution in [0.25, 0.3) is 0 Å². The van der Waals surface area contributed by atoms with Crippen LogP contribution in [0.5, 0.6) is 0 Å². The molecule has 0 spiro atoms. The number of carbonyl (C=O) groups excluding carboxylic acids is 1. The number of hydrogen-bond donors (Lipinski definition) is 1. The molecule has 0 aliphatic rings. The number of sulfone groups is 1. The van der Waals surface area contributed by atoms with Crippen LogP contribution < -0.4 is 5.32 Å². The average molecular weight is 386 g/mol. The van der Waals surface area contributed by atoms with Crippen molar-refractivity contribution in [3.05, 3.63) is 63.6 Å². The Kier molecular flexibility index (Phi) is 5.91. The second kappa shape index (κ2) is 7.55. The van der Waals surface area contributed by atoms with Gasteiger partial charge in [-0.3, -0.25) is 4.79 Å². The molecule has 0 radical (unpaired) electrons. The number of carbonyl (C=O) groups is 1. The summed E-state index contributed by atoms with van der Waals surface area (Å²) in [7, 11) is -3.25. The van der Waals surface area contributed by atoms with E-state index in [9.17, 15) is 13.2 Å². The lowest BCUT2D eigenvalue weighted by Gasteiger charge is -2.18. The van der Waals surface area contributed by atoms with E-state index in [0.29, 0.717) is 17.0 Å². The third-order valence-corrected chi connectivity index (χ3v) is 5.28. The zero-order valence-electron chi connectivity index (χ0n) is 13.2. The average Bonchev–Trinajstić information content (AvgIpc) is 2.51. The van der Waals surface area contributed by atoms with Gasteiger partial charge in [-0.25, -0.2) is 8.42 Å². The molecule has 1 N–H and O–H groups in total. The van der Waals surface area contributed by atoms with E-state index in [1.54, 1.807) is 24.3 Å². The molecule has 0 aliphatic heterocycles. The SMILES string of the molecule is CC[C@H](NC(=O)c1ccc(Cl)cc1Cl)c1ccc(S(C)(=O)=O)cc1. The number of rotatable bonds is 5. The molecule has 0 unspecified atom stereocenters. The monoisotopic (exact) mass is 385 g/mol. The number of benzene rings is 2. The van der Waals surface area contributed by atoms with Gasteiger partial charge in [-0.1, -0.05) is 42.3 Å². The Morgan fingerprint density at radius 3 is 2.25 bits per heavy atom. The Morgan fingerprint density at radius 2 is 1.75 bits per heavy atom. The highest BCUT2D eigenvalue weighted by atomic mass is 35.5. The lowest BCUT2D eigenvalue weighted by Crippen LogP contribution is -2.28. The molecular formula is C17H17Cl2NO3S. The van der Waals surface area contributed by atoms with Crippen molar-refractivity contribution in [3.8, 4) is 0 Å². The molecule has 4 nitrogen and oxygen atoms in total. The molecule has 0 saturated heterocycles. The molecule has 7 heteroatoms. The van der Waals surface area contributed by atoms with E-state index in [1.165, 1.54) is 18.2 Å². The minimum absolute atomic E-state index is 0.244. The zero-order valence-corrected chi connectivity index (χ0v) is 15.5. The van der Waals surface area contributed by atoms with E-state index >= 15 is 0 Å². The molecule has 0 heterocycles. The zero-order chi connectivity index (χ0) is 17.9. The summed E-state index contributed by atoms with van der Waals surface area (Å²) in [5.41, 5.74) is 1.16. The van der Waals surface area contributed by atoms with Crippen LogP contribution in [-0.2, 0) is 9.84 Å². The van der Waals surface area contributed by atoms with Gasteiger partial charge in [0.15, 0.2) is 9.84 Å². The van der Waals surface area contributed by atoms with Crippen molar-refractivity contribution in [2.24, 2.45) is 0 Å². The second-order valence-corrected chi connectivity index (χ2v) is 8.26. The van der Waals surface area contributed by atoms with Crippen molar-refractivity contribution in [1.82, 2.24) is 5.32 Å². The summed E-state index contributed by atoms with van der Waals surface area (Å²) >= 11 is 11.9. The van der Waals surface area contributed by atoms with E-state index in [4.69, 9.17) is 23.2 Å². The second-order valence-electron chi connectivity index (χ2n) is 5.40. The Bertz CT molecular complexity index is 849. The number of nitrogens with one attached hydrogen (secondary N) is 1. The summed E-state index contributed by atoms with van der Waals surface area (Å²) in [6.07, 6.45) is 1.80. The van der Waals surface area contributed by atoms with Crippen LogP contribution in [0.4, 0.5) is 0 Å². The van der Waals surface area contributed by atoms with Gasteiger partial charge in [-0.2, -0.15) is 0 Å². The third-order valence-electron chi connectivity index (χ3n) is 3.60. The van der Waals surface area contributed by atoms with Crippen LogP contribution in [0.2, 0.25) is 10.0 Å². The fourth-order valence-corrected chi connectivity index (χ4v) is 3.40. The van der Waals surface area contributed by atoms with Crippen LogP contribution in [0.3, 0.4) is 0 Å². The summed E-state index contributed by atoms with van der Waals surface area (Å²) in [6.45, 7) is 1.93. The van der Waals surface area contributed by atoms with Crippen molar-refractivity contribution in [3.63, 3.8) is 0 Å². The fraction of sp³-hybridized carbons (Fsp3) is 0.235. The topological polar surface area (TPSA) is 63.2 Å². The molecule has 128 valence electrons. The van der Waals surface area contributed by atoms with Crippen LogP contribution in [-0.4, -0.2) is 20.6 Å². The minimum atomic E-state index is -3.25. The van der Waals surface area contributed by atoms with Gasteiger partial charge in [0.2, 0.25) is 0 Å². The highest BCUT2D eigenvalue weighted by molar-refractivity contribution is 7.90. The molecule has 2 aromatic rings. The van der Waals surface area contributed by atoms with Crippen molar-refractivity contribution in [1.29, 1.82) is 0 Å². The molecule has 0 aliphatic carbocycles. The molecule has 24 heavy (non-hydrogen) atoms. The van der Waals surface area contributed by atoms with E-state index in [0.717, 1.165) is 11.8 Å². The first-order valence-electron chi connectivity index (χ1n) is 7.28. The molecule has 1 amide bonds. The highest BCUT2D eigenvalue weighted by Crippen LogP contribution is 2.23. The number of hydrogen-bond acceptors (Lipinski definition) is 3. The summed E-state index contributed by atoms with van der Waals surface area (Å²) in [5.74, 6) is -0.310. The maximum atomic E-state index is 12.4. The summed E-state index contributed by atoms with van der Waals surface area (Å²) in [4.78, 5) is 12.7. The first kappa shape index (κ1) is 18.8. The van der Waals surface area contributed by atoms with Gasteiger partial charge in [-0.05, 0) is 42.3 Å². The molecule has 0 aromatic heterocycles. The minimum Gasteiger partial charge on any atom is -0.345 e. The van der Waals surface area contributed by atoms with E-state index < -0.39 is 9.84 Å². The summed E-state index contributed by atoms with van der Waals surface area (Å²) in [6, 6.07) is 10.9. The van der Waals surface area contributed by atoms with Crippen molar-refractivity contribution in [2.45, 2.75) is 24.3 Å². The van der Waals surface area contributed by atoms with Crippen molar-refractivity contribution >= 4 is 38.9 Å². The number of halogens is 2. The van der Waals surface area contributed by atoms with E-state index in [-0.39, 0.29) is 21.9 Å². The normalized spacial score (nSPS) is 12.7. The van der Waals surface area contributed by atoms with Crippen LogP contribution in [0, 0.1) is 0 Å². The van der Waals surface area contributed by atoms with Gasteiger partial charge in [0.25, 0.3) is 5.91 Å².